The van der Waals surface area contributed by atoms with Crippen molar-refractivity contribution in [1.29, 1.82) is 5.26 Å². The first-order valence-electron chi connectivity index (χ1n) is 5.52. The molecule has 2 aromatic rings. The number of aromatic nitrogens is 2. The van der Waals surface area contributed by atoms with Gasteiger partial charge in [0.2, 0.25) is 0 Å². The van der Waals surface area contributed by atoms with Crippen LogP contribution in [0.2, 0.25) is 0 Å². The highest BCUT2D eigenvalue weighted by Crippen LogP contribution is 2.34. The van der Waals surface area contributed by atoms with Crippen LogP contribution in [0.4, 0.5) is 13.2 Å². The Morgan fingerprint density at radius 2 is 2.00 bits per heavy atom. The molecule has 98 valence electrons. The Balaban J connectivity index is 2.58. The van der Waals surface area contributed by atoms with Gasteiger partial charge < -0.3 is 0 Å². The molecule has 0 aliphatic heterocycles. The summed E-state index contributed by atoms with van der Waals surface area (Å²) >= 11 is 0. The molecule has 3 nitrogen and oxygen atoms in total. The predicted octanol–water partition coefficient (Wildman–Crippen LogP) is 3.27. The van der Waals surface area contributed by atoms with Crippen molar-refractivity contribution in [2.75, 3.05) is 0 Å². The van der Waals surface area contributed by atoms with Crippen LogP contribution in [-0.4, -0.2) is 9.78 Å². The van der Waals surface area contributed by atoms with Crippen LogP contribution in [0.5, 0.6) is 0 Å². The fourth-order valence-electron chi connectivity index (χ4n) is 1.84. The minimum absolute atomic E-state index is 0.0308. The summed E-state index contributed by atoms with van der Waals surface area (Å²) in [6.45, 7) is 1.65. The zero-order valence-corrected chi connectivity index (χ0v) is 10.1. The Kier molecular flexibility index (Phi) is 3.30. The van der Waals surface area contributed by atoms with Gasteiger partial charge in [-0.3, -0.25) is 0 Å². The fourth-order valence-corrected chi connectivity index (χ4v) is 1.84. The standard InChI is InChI=1S/C13H10F3N3/c1-9-10(6-7-17)8-18-19(9)12-5-3-2-4-11(12)13(14,15)16/h2-5,8H,6H2,1H3. The Hall–Kier alpha value is -2.29. The Morgan fingerprint density at radius 1 is 1.32 bits per heavy atom. The lowest BCUT2D eigenvalue weighted by Gasteiger charge is -2.13. The molecular formula is C13H10F3N3. The molecule has 0 unspecified atom stereocenters. The molecule has 0 radical (unpaired) electrons. The van der Waals surface area contributed by atoms with Gasteiger partial charge in [0.25, 0.3) is 0 Å². The van der Waals surface area contributed by atoms with Gasteiger partial charge in [0.1, 0.15) is 0 Å². The van der Waals surface area contributed by atoms with Crippen molar-refractivity contribution in [1.82, 2.24) is 9.78 Å². The molecular weight excluding hydrogens is 255 g/mol. The SMILES string of the molecule is Cc1c(CC#N)cnn1-c1ccccc1C(F)(F)F. The molecule has 0 fully saturated rings. The summed E-state index contributed by atoms with van der Waals surface area (Å²) in [6, 6.07) is 7.19. The summed E-state index contributed by atoms with van der Waals surface area (Å²) in [5, 5.41) is 12.6. The summed E-state index contributed by atoms with van der Waals surface area (Å²) in [5.41, 5.74) is 0.388. The highest BCUT2D eigenvalue weighted by atomic mass is 19.4. The number of para-hydroxylation sites is 1. The van der Waals surface area contributed by atoms with Crippen molar-refractivity contribution < 1.29 is 13.2 Å². The second kappa shape index (κ2) is 4.76. The van der Waals surface area contributed by atoms with Crippen LogP contribution >= 0.6 is 0 Å². The highest BCUT2D eigenvalue weighted by molar-refractivity contribution is 5.44. The zero-order valence-electron chi connectivity index (χ0n) is 10.1. The minimum Gasteiger partial charge on any atom is -0.237 e. The van der Waals surface area contributed by atoms with E-state index in [1.165, 1.54) is 29.1 Å². The Bertz CT molecular complexity index is 635. The summed E-state index contributed by atoms with van der Waals surface area (Å²) in [5.74, 6) is 0. The number of nitriles is 1. The summed E-state index contributed by atoms with van der Waals surface area (Å²) in [7, 11) is 0. The van der Waals surface area contributed by atoms with Crippen molar-refractivity contribution in [3.8, 4) is 11.8 Å². The third-order valence-corrected chi connectivity index (χ3v) is 2.82. The van der Waals surface area contributed by atoms with Gasteiger partial charge in [0.05, 0.1) is 29.9 Å². The molecule has 0 saturated carbocycles. The van der Waals surface area contributed by atoms with Crippen LogP contribution in [-0.2, 0) is 12.6 Å². The fraction of sp³-hybridized carbons (Fsp3) is 0.231. The van der Waals surface area contributed by atoms with Gasteiger partial charge >= 0.3 is 6.18 Å². The van der Waals surface area contributed by atoms with Gasteiger partial charge in [-0.2, -0.15) is 23.5 Å². The number of alkyl halides is 3. The number of nitrogens with zero attached hydrogens (tertiary/aromatic N) is 3. The van der Waals surface area contributed by atoms with Crippen molar-refractivity contribution in [2.45, 2.75) is 19.5 Å². The molecule has 2 rings (SSSR count). The van der Waals surface area contributed by atoms with E-state index >= 15 is 0 Å². The van der Waals surface area contributed by atoms with E-state index < -0.39 is 11.7 Å². The minimum atomic E-state index is -4.44. The van der Waals surface area contributed by atoms with Crippen LogP contribution in [0.25, 0.3) is 5.69 Å². The predicted molar refractivity (Wildman–Crippen MR) is 62.6 cm³/mol. The van der Waals surface area contributed by atoms with E-state index in [0.29, 0.717) is 11.3 Å². The lowest BCUT2D eigenvalue weighted by Crippen LogP contribution is -2.12. The topological polar surface area (TPSA) is 41.6 Å². The molecule has 1 heterocycles. The molecule has 0 bridgehead atoms. The van der Waals surface area contributed by atoms with E-state index in [0.717, 1.165) is 6.07 Å². The third kappa shape index (κ3) is 2.45. The molecule has 0 aliphatic carbocycles. The monoisotopic (exact) mass is 265 g/mol. The largest absolute Gasteiger partial charge is 0.418 e. The Labute approximate surface area is 107 Å². The van der Waals surface area contributed by atoms with E-state index in [1.807, 2.05) is 6.07 Å². The molecule has 19 heavy (non-hydrogen) atoms. The van der Waals surface area contributed by atoms with Gasteiger partial charge in [0, 0.05) is 11.3 Å². The molecule has 6 heteroatoms. The molecule has 0 amide bonds. The number of hydrogen-bond donors (Lipinski definition) is 0. The zero-order chi connectivity index (χ0) is 14.0. The van der Waals surface area contributed by atoms with Crippen molar-refractivity contribution >= 4 is 0 Å². The van der Waals surface area contributed by atoms with Crippen molar-refractivity contribution in [3.63, 3.8) is 0 Å². The molecule has 0 aliphatic rings. The van der Waals surface area contributed by atoms with E-state index in [2.05, 4.69) is 5.10 Å². The van der Waals surface area contributed by atoms with Gasteiger partial charge in [-0.1, -0.05) is 12.1 Å². The summed E-state index contributed by atoms with van der Waals surface area (Å²) in [4.78, 5) is 0. The maximum Gasteiger partial charge on any atom is 0.418 e. The molecule has 1 aromatic carbocycles. The van der Waals surface area contributed by atoms with Gasteiger partial charge in [-0.25, -0.2) is 4.68 Å². The third-order valence-electron chi connectivity index (χ3n) is 2.82. The highest BCUT2D eigenvalue weighted by Gasteiger charge is 2.34. The van der Waals surface area contributed by atoms with Crippen molar-refractivity contribution in [2.24, 2.45) is 0 Å². The smallest absolute Gasteiger partial charge is 0.237 e. The van der Waals surface area contributed by atoms with E-state index in [-0.39, 0.29) is 12.1 Å². The lowest BCUT2D eigenvalue weighted by atomic mass is 10.1. The molecule has 0 saturated heterocycles. The number of rotatable bonds is 2. The second-order valence-corrected chi connectivity index (χ2v) is 4.02. The van der Waals surface area contributed by atoms with E-state index in [4.69, 9.17) is 5.26 Å². The van der Waals surface area contributed by atoms with E-state index in [9.17, 15) is 13.2 Å². The molecule has 0 spiro atoms. The lowest BCUT2D eigenvalue weighted by molar-refractivity contribution is -0.137. The first-order chi connectivity index (χ1) is 8.95. The first-order valence-corrected chi connectivity index (χ1v) is 5.52. The normalized spacial score (nSPS) is 11.3. The van der Waals surface area contributed by atoms with Gasteiger partial charge in [-0.05, 0) is 19.1 Å². The maximum atomic E-state index is 12.9. The van der Waals surface area contributed by atoms with Crippen LogP contribution in [0, 0.1) is 18.3 Å². The number of hydrogen-bond acceptors (Lipinski definition) is 2. The van der Waals surface area contributed by atoms with Crippen LogP contribution in [0.15, 0.2) is 30.5 Å². The van der Waals surface area contributed by atoms with Crippen molar-refractivity contribution in [3.05, 3.63) is 47.3 Å². The summed E-state index contributed by atoms with van der Waals surface area (Å²) in [6.07, 6.45) is -2.89. The van der Waals surface area contributed by atoms with Crippen LogP contribution in [0.1, 0.15) is 16.8 Å². The average molecular weight is 265 g/mol. The molecule has 1 aromatic heterocycles. The van der Waals surface area contributed by atoms with E-state index in [1.54, 1.807) is 6.92 Å². The molecule has 0 atom stereocenters. The van der Waals surface area contributed by atoms with Crippen LogP contribution < -0.4 is 0 Å². The number of benzene rings is 1. The maximum absolute atomic E-state index is 12.9. The Morgan fingerprint density at radius 3 is 2.63 bits per heavy atom. The average Bonchev–Trinajstić information content (AvgIpc) is 2.71. The van der Waals surface area contributed by atoms with Crippen LogP contribution in [0.3, 0.4) is 0 Å². The molecule has 0 N–H and O–H groups in total. The first kappa shape index (κ1) is 13.1. The summed E-state index contributed by atoms with van der Waals surface area (Å²) < 4.78 is 40.0. The van der Waals surface area contributed by atoms with Gasteiger partial charge in [0.15, 0.2) is 0 Å². The number of halogens is 3. The van der Waals surface area contributed by atoms with Gasteiger partial charge in [-0.15, -0.1) is 0 Å². The quantitative estimate of drug-likeness (QED) is 0.836. The second-order valence-electron chi connectivity index (χ2n) is 4.02.